The first-order chi connectivity index (χ1) is 12.9. The summed E-state index contributed by atoms with van der Waals surface area (Å²) in [5, 5.41) is 31.2. The third-order valence-electron chi connectivity index (χ3n) is 5.13. The van der Waals surface area contributed by atoms with Crippen LogP contribution in [0.3, 0.4) is 0 Å². The van der Waals surface area contributed by atoms with Crippen molar-refractivity contribution in [2.75, 3.05) is 13.7 Å². The number of hydrogen-bond acceptors (Lipinski definition) is 6. The molecule has 2 heterocycles. The molecule has 2 aliphatic rings. The Bertz CT molecular complexity index is 942. The van der Waals surface area contributed by atoms with Crippen LogP contribution in [0.25, 0.3) is 0 Å². The molecule has 0 radical (unpaired) electrons. The molecule has 0 aliphatic carbocycles. The lowest BCUT2D eigenvalue weighted by atomic mass is 9.87. The van der Waals surface area contributed by atoms with E-state index in [2.05, 4.69) is 0 Å². The second-order valence-electron chi connectivity index (χ2n) is 7.13. The number of hydrogen-bond donors (Lipinski definition) is 3. The Balaban J connectivity index is 1.79. The van der Waals surface area contributed by atoms with Crippen molar-refractivity contribution in [2.24, 2.45) is 0 Å². The minimum atomic E-state index is -0.418. The highest BCUT2D eigenvalue weighted by Gasteiger charge is 2.44. The molecule has 6 nitrogen and oxygen atoms in total. The van der Waals surface area contributed by atoms with Gasteiger partial charge in [0.25, 0.3) is 0 Å². The molecule has 0 amide bonds. The highest BCUT2D eigenvalue weighted by molar-refractivity contribution is 5.64. The zero-order valence-corrected chi connectivity index (χ0v) is 15.4. The van der Waals surface area contributed by atoms with Crippen LogP contribution in [-0.4, -0.2) is 29.0 Å². The summed E-state index contributed by atoms with van der Waals surface area (Å²) in [4.78, 5) is 0. The molecule has 0 fully saturated rings. The molecular weight excluding hydrogens is 348 g/mol. The van der Waals surface area contributed by atoms with Crippen LogP contribution >= 0.6 is 0 Å². The van der Waals surface area contributed by atoms with Crippen molar-refractivity contribution in [1.82, 2.24) is 0 Å². The van der Waals surface area contributed by atoms with Gasteiger partial charge in [-0.1, -0.05) is 17.7 Å². The van der Waals surface area contributed by atoms with Crippen molar-refractivity contribution < 1.29 is 29.5 Å². The topological polar surface area (TPSA) is 88.4 Å². The van der Waals surface area contributed by atoms with Gasteiger partial charge in [0.2, 0.25) is 11.5 Å². The largest absolute Gasteiger partial charge is 0.504 e. The van der Waals surface area contributed by atoms with Crippen LogP contribution < -0.4 is 14.2 Å². The van der Waals surface area contributed by atoms with Gasteiger partial charge in [-0.3, -0.25) is 0 Å². The summed E-state index contributed by atoms with van der Waals surface area (Å²) >= 11 is 0. The van der Waals surface area contributed by atoms with Crippen LogP contribution in [0.15, 0.2) is 29.8 Å². The standard InChI is InChI=1S/C21H22O6/c1-10(2)4-5-11-8-13-19-14(9-26-20(13)18(24)16(11)22)12-6-7-15(25-3)17(23)21(12)27-19/h4,6-8,14,19,22-24H,5,9H2,1-3H3. The number of aromatic hydroxyl groups is 3. The Labute approximate surface area is 157 Å². The first kappa shape index (κ1) is 17.4. The second-order valence-corrected chi connectivity index (χ2v) is 7.13. The fourth-order valence-corrected chi connectivity index (χ4v) is 3.70. The van der Waals surface area contributed by atoms with E-state index in [9.17, 15) is 15.3 Å². The monoisotopic (exact) mass is 370 g/mol. The van der Waals surface area contributed by atoms with Crippen molar-refractivity contribution in [3.05, 3.63) is 46.5 Å². The van der Waals surface area contributed by atoms with Crippen LogP contribution in [-0.2, 0) is 6.42 Å². The number of benzene rings is 2. The smallest absolute Gasteiger partial charge is 0.201 e. The van der Waals surface area contributed by atoms with Gasteiger partial charge in [-0.25, -0.2) is 0 Å². The van der Waals surface area contributed by atoms with E-state index in [0.717, 1.165) is 11.1 Å². The normalized spacial score (nSPS) is 19.2. The van der Waals surface area contributed by atoms with E-state index in [0.29, 0.717) is 29.0 Å². The molecule has 0 saturated heterocycles. The molecule has 0 aromatic heterocycles. The Morgan fingerprint density at radius 3 is 2.59 bits per heavy atom. The van der Waals surface area contributed by atoms with Gasteiger partial charge in [-0.2, -0.15) is 0 Å². The third-order valence-corrected chi connectivity index (χ3v) is 5.13. The SMILES string of the molecule is COc1ccc2c(c1O)OC1c3cc(CC=C(C)C)c(O)c(O)c3OCC21. The lowest BCUT2D eigenvalue weighted by Crippen LogP contribution is -2.23. The highest BCUT2D eigenvalue weighted by Crippen LogP contribution is 2.58. The molecule has 2 unspecified atom stereocenters. The molecule has 0 saturated carbocycles. The summed E-state index contributed by atoms with van der Waals surface area (Å²) in [6, 6.07) is 5.36. The molecule has 3 N–H and O–H groups in total. The van der Waals surface area contributed by atoms with Crippen molar-refractivity contribution in [1.29, 1.82) is 0 Å². The van der Waals surface area contributed by atoms with Gasteiger partial charge in [0.1, 0.15) is 6.10 Å². The quantitative estimate of drug-likeness (QED) is 0.560. The van der Waals surface area contributed by atoms with Gasteiger partial charge in [0.15, 0.2) is 23.0 Å². The zero-order chi connectivity index (χ0) is 19.3. The van der Waals surface area contributed by atoms with Crippen molar-refractivity contribution >= 4 is 0 Å². The van der Waals surface area contributed by atoms with Crippen LogP contribution in [0.1, 0.15) is 42.6 Å². The Hall–Kier alpha value is -3.02. The zero-order valence-electron chi connectivity index (χ0n) is 15.4. The van der Waals surface area contributed by atoms with Gasteiger partial charge in [-0.05, 0) is 32.4 Å². The van der Waals surface area contributed by atoms with Crippen LogP contribution in [0.5, 0.6) is 34.5 Å². The van der Waals surface area contributed by atoms with Crippen LogP contribution in [0, 0.1) is 0 Å². The lowest BCUT2D eigenvalue weighted by molar-refractivity contribution is 0.133. The maximum absolute atomic E-state index is 10.4. The van der Waals surface area contributed by atoms with Crippen LogP contribution in [0.2, 0.25) is 0 Å². The molecule has 2 aromatic rings. The van der Waals surface area contributed by atoms with Gasteiger partial charge in [0, 0.05) is 16.7 Å². The number of phenolic OH excluding ortho intramolecular Hbond substituents is 3. The molecule has 2 aromatic carbocycles. The van der Waals surface area contributed by atoms with Crippen molar-refractivity contribution in [3.8, 4) is 34.5 Å². The Morgan fingerprint density at radius 1 is 1.11 bits per heavy atom. The highest BCUT2D eigenvalue weighted by atomic mass is 16.5. The molecule has 27 heavy (non-hydrogen) atoms. The minimum Gasteiger partial charge on any atom is -0.504 e. The summed E-state index contributed by atoms with van der Waals surface area (Å²) in [5.41, 5.74) is 3.20. The van der Waals surface area contributed by atoms with E-state index in [1.165, 1.54) is 7.11 Å². The first-order valence-corrected chi connectivity index (χ1v) is 8.82. The van der Waals surface area contributed by atoms with E-state index >= 15 is 0 Å². The number of ether oxygens (including phenoxy) is 3. The summed E-state index contributed by atoms with van der Waals surface area (Å²) in [6.07, 6.45) is 2.04. The van der Waals surface area contributed by atoms with Gasteiger partial charge < -0.3 is 29.5 Å². The van der Waals surface area contributed by atoms with E-state index in [4.69, 9.17) is 14.2 Å². The van der Waals surface area contributed by atoms with E-state index in [1.807, 2.05) is 26.0 Å². The second kappa shape index (κ2) is 6.30. The summed E-state index contributed by atoms with van der Waals surface area (Å²) in [6.45, 7) is 4.22. The number of rotatable bonds is 3. The molecule has 6 heteroatoms. The Morgan fingerprint density at radius 2 is 1.89 bits per heavy atom. The van der Waals surface area contributed by atoms with E-state index in [1.54, 1.807) is 12.1 Å². The maximum Gasteiger partial charge on any atom is 0.201 e. The predicted octanol–water partition coefficient (Wildman–Crippen LogP) is 3.93. The third kappa shape index (κ3) is 2.63. The summed E-state index contributed by atoms with van der Waals surface area (Å²) < 4.78 is 17.0. The van der Waals surface area contributed by atoms with E-state index < -0.39 is 6.10 Å². The average Bonchev–Trinajstić information content (AvgIpc) is 3.03. The van der Waals surface area contributed by atoms with Crippen molar-refractivity contribution in [3.63, 3.8) is 0 Å². The number of fused-ring (bicyclic) bond motifs is 5. The molecular formula is C21H22O6. The van der Waals surface area contributed by atoms with Crippen molar-refractivity contribution in [2.45, 2.75) is 32.3 Å². The average molecular weight is 370 g/mol. The van der Waals surface area contributed by atoms with E-state index in [-0.39, 0.29) is 35.5 Å². The van der Waals surface area contributed by atoms with Crippen LogP contribution in [0.4, 0.5) is 0 Å². The summed E-state index contributed by atoms with van der Waals surface area (Å²) in [5.74, 6) is 0.331. The number of phenols is 3. The molecule has 0 bridgehead atoms. The molecule has 142 valence electrons. The van der Waals surface area contributed by atoms with Gasteiger partial charge in [-0.15, -0.1) is 0 Å². The maximum atomic E-state index is 10.4. The minimum absolute atomic E-state index is 0.0429. The summed E-state index contributed by atoms with van der Waals surface area (Å²) in [7, 11) is 1.48. The molecule has 2 aliphatic heterocycles. The Kier molecular flexibility index (Phi) is 4.06. The fraction of sp³-hybridized carbons (Fsp3) is 0.333. The fourth-order valence-electron chi connectivity index (χ4n) is 3.70. The molecule has 4 rings (SSSR count). The number of allylic oxidation sites excluding steroid dienone is 2. The number of methoxy groups -OCH3 is 1. The predicted molar refractivity (Wildman–Crippen MR) is 99.2 cm³/mol. The van der Waals surface area contributed by atoms with Gasteiger partial charge >= 0.3 is 0 Å². The molecule has 0 spiro atoms. The first-order valence-electron chi connectivity index (χ1n) is 8.82. The van der Waals surface area contributed by atoms with Gasteiger partial charge in [0.05, 0.1) is 19.6 Å². The lowest BCUT2D eigenvalue weighted by Gasteiger charge is -2.29. The molecule has 2 atom stereocenters.